The summed E-state index contributed by atoms with van der Waals surface area (Å²) < 4.78 is 17.1. The molecule has 1 amide bonds. The molecule has 1 atom stereocenters. The van der Waals surface area contributed by atoms with Gasteiger partial charge in [0.1, 0.15) is 5.75 Å². The number of ether oxygens (including phenoxy) is 3. The summed E-state index contributed by atoms with van der Waals surface area (Å²) in [7, 11) is 4.74. The highest BCUT2D eigenvalue weighted by Gasteiger charge is 2.43. The van der Waals surface area contributed by atoms with Crippen LogP contribution < -0.4 is 29.7 Å². The number of carbonyl (C=O) groups is 2. The Hall–Kier alpha value is -4.46. The number of ketones is 1. The fraction of sp³-hybridized carbons (Fsp3) is 0.353. The van der Waals surface area contributed by atoms with Gasteiger partial charge in [0.25, 0.3) is 0 Å². The molecule has 0 bridgehead atoms. The van der Waals surface area contributed by atoms with Crippen LogP contribution >= 0.6 is 0 Å². The molecule has 8 heteroatoms. The number of Topliss-reactive ketones (excluding diaryl/α,β-unsaturated/α-hetero) is 1. The number of hydrogen-bond acceptors (Lipinski definition) is 7. The quantitative estimate of drug-likeness (QED) is 0.342. The first-order valence-corrected chi connectivity index (χ1v) is 14.2. The van der Waals surface area contributed by atoms with Gasteiger partial charge < -0.3 is 29.7 Å². The standard InChI is InChI=1S/C34H39N3O5/c1-34(2)19-25-32(27(38)20-34)33(23-17-29(41-4)30(42-5)18-28(23)40-3)37(26-14-10-9-13-24(26)36-25)21-31(39)35-16-15-22-11-7-6-8-12-22/h6-14,17-18,33,36H,15-16,19-21H2,1-5H3,(H,35,39). The van der Waals surface area contributed by atoms with Crippen LogP contribution in [0.25, 0.3) is 0 Å². The predicted molar refractivity (Wildman–Crippen MR) is 164 cm³/mol. The van der Waals surface area contributed by atoms with E-state index in [4.69, 9.17) is 14.2 Å². The Morgan fingerprint density at radius 3 is 2.31 bits per heavy atom. The molecule has 220 valence electrons. The van der Waals surface area contributed by atoms with E-state index in [1.165, 1.54) is 0 Å². The van der Waals surface area contributed by atoms with Crippen LogP contribution in [0.1, 0.15) is 43.9 Å². The minimum Gasteiger partial charge on any atom is -0.496 e. The van der Waals surface area contributed by atoms with Crippen molar-refractivity contribution in [3.8, 4) is 17.2 Å². The first kappa shape index (κ1) is 29.0. The van der Waals surface area contributed by atoms with E-state index in [1.54, 1.807) is 27.4 Å². The Kier molecular flexibility index (Phi) is 8.43. The van der Waals surface area contributed by atoms with Crippen molar-refractivity contribution in [2.24, 2.45) is 5.41 Å². The van der Waals surface area contributed by atoms with E-state index in [-0.39, 0.29) is 23.7 Å². The topological polar surface area (TPSA) is 89.1 Å². The number of rotatable bonds is 9. The second-order valence-corrected chi connectivity index (χ2v) is 11.5. The molecule has 2 N–H and O–H groups in total. The van der Waals surface area contributed by atoms with Crippen LogP contribution in [0.5, 0.6) is 17.2 Å². The van der Waals surface area contributed by atoms with Crippen LogP contribution in [0.4, 0.5) is 11.4 Å². The van der Waals surface area contributed by atoms with Crippen molar-refractivity contribution in [3.63, 3.8) is 0 Å². The van der Waals surface area contributed by atoms with Crippen molar-refractivity contribution < 1.29 is 23.8 Å². The van der Waals surface area contributed by atoms with E-state index in [0.717, 1.165) is 29.1 Å². The molecule has 0 saturated heterocycles. The van der Waals surface area contributed by atoms with E-state index in [0.29, 0.717) is 47.8 Å². The number of nitrogens with one attached hydrogen (secondary N) is 2. The highest BCUT2D eigenvalue weighted by molar-refractivity contribution is 6.02. The molecule has 1 aliphatic carbocycles. The molecule has 0 saturated carbocycles. The number of carbonyl (C=O) groups excluding carboxylic acids is 2. The highest BCUT2D eigenvalue weighted by atomic mass is 16.5. The van der Waals surface area contributed by atoms with E-state index in [2.05, 4.69) is 24.5 Å². The van der Waals surface area contributed by atoms with Gasteiger partial charge in [-0.25, -0.2) is 0 Å². The summed E-state index contributed by atoms with van der Waals surface area (Å²) in [4.78, 5) is 29.6. The molecule has 42 heavy (non-hydrogen) atoms. The molecular weight excluding hydrogens is 530 g/mol. The highest BCUT2D eigenvalue weighted by Crippen LogP contribution is 2.51. The third-order valence-electron chi connectivity index (χ3n) is 7.93. The van der Waals surface area contributed by atoms with Crippen LogP contribution in [0, 0.1) is 5.41 Å². The molecule has 3 aromatic carbocycles. The van der Waals surface area contributed by atoms with Crippen LogP contribution in [-0.2, 0) is 16.0 Å². The normalized spacial score (nSPS) is 17.4. The summed E-state index contributed by atoms with van der Waals surface area (Å²) in [5.74, 6) is 1.46. The smallest absolute Gasteiger partial charge is 0.239 e. The summed E-state index contributed by atoms with van der Waals surface area (Å²) in [6.45, 7) is 4.75. The van der Waals surface area contributed by atoms with Gasteiger partial charge in [-0.1, -0.05) is 56.3 Å². The first-order chi connectivity index (χ1) is 20.2. The Morgan fingerprint density at radius 2 is 1.60 bits per heavy atom. The monoisotopic (exact) mass is 569 g/mol. The number of allylic oxidation sites excluding steroid dienone is 1. The van der Waals surface area contributed by atoms with Crippen molar-refractivity contribution >= 4 is 23.1 Å². The van der Waals surface area contributed by atoms with Gasteiger partial charge in [0.05, 0.1) is 45.3 Å². The molecule has 0 aromatic heterocycles. The largest absolute Gasteiger partial charge is 0.496 e. The number of fused-ring (bicyclic) bond motifs is 1. The number of para-hydroxylation sites is 2. The zero-order valence-corrected chi connectivity index (χ0v) is 25.0. The number of amides is 1. The maximum Gasteiger partial charge on any atom is 0.239 e. The van der Waals surface area contributed by atoms with Crippen LogP contribution in [0.2, 0.25) is 0 Å². The zero-order valence-electron chi connectivity index (χ0n) is 25.0. The predicted octanol–water partition coefficient (Wildman–Crippen LogP) is 5.69. The Bertz CT molecular complexity index is 1500. The van der Waals surface area contributed by atoms with Crippen LogP contribution in [-0.4, -0.2) is 46.1 Å². The van der Waals surface area contributed by atoms with Gasteiger partial charge in [-0.3, -0.25) is 9.59 Å². The number of anilines is 2. The molecular formula is C34H39N3O5. The average Bonchev–Trinajstić information content (AvgIpc) is 3.10. The van der Waals surface area contributed by atoms with Gasteiger partial charge in [-0.05, 0) is 42.0 Å². The van der Waals surface area contributed by atoms with E-state index < -0.39 is 6.04 Å². The van der Waals surface area contributed by atoms with E-state index in [1.807, 2.05) is 65.6 Å². The Labute approximate surface area is 247 Å². The van der Waals surface area contributed by atoms with Crippen molar-refractivity contribution in [1.82, 2.24) is 5.32 Å². The fourth-order valence-corrected chi connectivity index (χ4v) is 6.02. The molecule has 0 radical (unpaired) electrons. The summed E-state index contributed by atoms with van der Waals surface area (Å²) in [5.41, 5.74) is 4.80. The lowest BCUT2D eigenvalue weighted by molar-refractivity contribution is -0.120. The van der Waals surface area contributed by atoms with Gasteiger partial charge >= 0.3 is 0 Å². The van der Waals surface area contributed by atoms with Crippen molar-refractivity contribution in [3.05, 3.63) is 89.1 Å². The summed E-state index contributed by atoms with van der Waals surface area (Å²) in [6.07, 6.45) is 1.80. The van der Waals surface area contributed by atoms with Gasteiger partial charge in [0.15, 0.2) is 17.3 Å². The number of benzene rings is 3. The molecule has 5 rings (SSSR count). The van der Waals surface area contributed by atoms with Crippen LogP contribution in [0.3, 0.4) is 0 Å². The molecule has 3 aromatic rings. The summed E-state index contributed by atoms with van der Waals surface area (Å²) >= 11 is 0. The van der Waals surface area contributed by atoms with Gasteiger partial charge in [0.2, 0.25) is 5.91 Å². The molecule has 8 nitrogen and oxygen atoms in total. The van der Waals surface area contributed by atoms with Crippen molar-refractivity contribution in [1.29, 1.82) is 0 Å². The lowest BCUT2D eigenvalue weighted by atomic mass is 9.73. The van der Waals surface area contributed by atoms with Crippen LogP contribution in [0.15, 0.2) is 78.0 Å². The maximum atomic E-state index is 14.0. The minimum absolute atomic E-state index is 0.0309. The third-order valence-corrected chi connectivity index (χ3v) is 7.93. The van der Waals surface area contributed by atoms with E-state index >= 15 is 0 Å². The molecule has 1 unspecified atom stereocenters. The Morgan fingerprint density at radius 1 is 0.929 bits per heavy atom. The molecule has 0 fully saturated rings. The van der Waals surface area contributed by atoms with Gasteiger partial charge in [0, 0.05) is 35.9 Å². The van der Waals surface area contributed by atoms with Crippen molar-refractivity contribution in [2.45, 2.75) is 39.2 Å². The second-order valence-electron chi connectivity index (χ2n) is 11.5. The maximum absolute atomic E-state index is 14.0. The zero-order chi connectivity index (χ0) is 29.9. The molecule has 1 aliphatic heterocycles. The van der Waals surface area contributed by atoms with Gasteiger partial charge in [-0.15, -0.1) is 0 Å². The summed E-state index contributed by atoms with van der Waals surface area (Å²) in [6, 6.07) is 20.9. The van der Waals surface area contributed by atoms with Crippen molar-refractivity contribution in [2.75, 3.05) is 44.6 Å². The molecule has 1 heterocycles. The Balaban J connectivity index is 1.62. The number of methoxy groups -OCH3 is 3. The molecule has 0 spiro atoms. The third kappa shape index (κ3) is 5.93. The summed E-state index contributed by atoms with van der Waals surface area (Å²) in [5, 5.41) is 6.68. The minimum atomic E-state index is -0.616. The lowest BCUT2D eigenvalue weighted by Crippen LogP contribution is -2.42. The van der Waals surface area contributed by atoms with E-state index in [9.17, 15) is 9.59 Å². The molecule has 2 aliphatic rings. The van der Waals surface area contributed by atoms with Gasteiger partial charge in [-0.2, -0.15) is 0 Å². The lowest BCUT2D eigenvalue weighted by Gasteiger charge is -2.38. The second kappa shape index (κ2) is 12.2. The average molecular weight is 570 g/mol. The first-order valence-electron chi connectivity index (χ1n) is 14.2. The SMILES string of the molecule is COc1cc(OC)c(C2C3=C(CC(C)(C)CC3=O)Nc3ccccc3N2CC(=O)NCCc2ccccc2)cc1OC. The number of nitrogens with zero attached hydrogens (tertiary/aromatic N) is 1. The fourth-order valence-electron chi connectivity index (χ4n) is 6.02. The number of hydrogen-bond donors (Lipinski definition) is 2.